The van der Waals surface area contributed by atoms with Crippen LogP contribution in [0.3, 0.4) is 0 Å². The van der Waals surface area contributed by atoms with Crippen molar-refractivity contribution < 1.29 is 19.1 Å². The van der Waals surface area contributed by atoms with Crippen LogP contribution in [-0.2, 0) is 33.8 Å². The summed E-state index contributed by atoms with van der Waals surface area (Å²) in [5.74, 6) is -0.366. The van der Waals surface area contributed by atoms with Gasteiger partial charge in [-0.2, -0.15) is 9.59 Å². The van der Waals surface area contributed by atoms with E-state index < -0.39 is 0 Å². The summed E-state index contributed by atoms with van der Waals surface area (Å²) < 4.78 is 10.1. The average Bonchev–Trinajstić information content (AvgIpc) is 3.52. The number of para-hydroxylation sites is 2. The minimum Gasteiger partial charge on any atom is -0.461 e. The zero-order valence-corrected chi connectivity index (χ0v) is 25.9. The molecule has 6 aromatic rings. The molecule has 0 fully saturated rings. The summed E-state index contributed by atoms with van der Waals surface area (Å²) in [6.45, 7) is 10.4. The van der Waals surface area contributed by atoms with Crippen molar-refractivity contribution in [3.63, 3.8) is 0 Å². The lowest BCUT2D eigenvalue weighted by Gasteiger charge is -2.11. The summed E-state index contributed by atoms with van der Waals surface area (Å²) in [6, 6.07) is 21.4. The minimum absolute atomic E-state index is 0.250. The topological polar surface area (TPSA) is 96.1 Å². The SMILES string of the molecule is CCOC(=O)c1cc2c3ccccc3n(CCCCCCn3c4ccccc4c4cc(CC)nc(C)c43)c2c(C)n1.O=C=O. The predicted molar refractivity (Wildman–Crippen MR) is 173 cm³/mol. The van der Waals surface area contributed by atoms with Gasteiger partial charge in [0.25, 0.3) is 0 Å². The summed E-state index contributed by atoms with van der Waals surface area (Å²) in [6.07, 6.45) is 5.72. The molecule has 0 saturated carbocycles. The van der Waals surface area contributed by atoms with E-state index in [1.165, 1.54) is 27.3 Å². The molecule has 0 aliphatic heterocycles. The van der Waals surface area contributed by atoms with Crippen molar-refractivity contribution in [1.82, 2.24) is 19.1 Å². The van der Waals surface area contributed by atoms with E-state index in [4.69, 9.17) is 19.3 Å². The molecule has 0 spiro atoms. The van der Waals surface area contributed by atoms with E-state index in [0.717, 1.165) is 78.6 Å². The highest BCUT2D eigenvalue weighted by molar-refractivity contribution is 6.10. The van der Waals surface area contributed by atoms with E-state index in [1.807, 2.05) is 19.9 Å². The predicted octanol–water partition coefficient (Wildman–Crippen LogP) is 7.73. The number of aromatic nitrogens is 4. The second-order valence-corrected chi connectivity index (χ2v) is 11.0. The van der Waals surface area contributed by atoms with Gasteiger partial charge < -0.3 is 13.9 Å². The Hall–Kier alpha value is -4.81. The fourth-order valence-corrected chi connectivity index (χ4v) is 6.45. The van der Waals surface area contributed by atoms with E-state index in [2.05, 4.69) is 82.6 Å². The van der Waals surface area contributed by atoms with Gasteiger partial charge in [0, 0.05) is 51.4 Å². The van der Waals surface area contributed by atoms with Crippen LogP contribution in [0.4, 0.5) is 0 Å². The summed E-state index contributed by atoms with van der Waals surface area (Å²) in [5.41, 5.74) is 8.40. The summed E-state index contributed by atoms with van der Waals surface area (Å²) in [4.78, 5) is 38.2. The Balaban J connectivity index is 0.00000123. The number of esters is 1. The van der Waals surface area contributed by atoms with Gasteiger partial charge in [-0.15, -0.1) is 0 Å². The number of carbonyl (C=O) groups is 1. The van der Waals surface area contributed by atoms with Crippen LogP contribution in [0.25, 0.3) is 43.6 Å². The Morgan fingerprint density at radius 1 is 0.727 bits per heavy atom. The Morgan fingerprint density at radius 2 is 1.23 bits per heavy atom. The monoisotopic (exact) mass is 590 g/mol. The molecule has 0 unspecified atom stereocenters. The van der Waals surface area contributed by atoms with Gasteiger partial charge in [-0.05, 0) is 64.3 Å². The number of hydrogen-bond donors (Lipinski definition) is 0. The number of hydrogen-bond acceptors (Lipinski definition) is 6. The van der Waals surface area contributed by atoms with Crippen molar-refractivity contribution in [3.05, 3.63) is 83.4 Å². The Labute approximate surface area is 256 Å². The molecule has 0 radical (unpaired) electrons. The molecule has 4 aromatic heterocycles. The first-order chi connectivity index (χ1) is 21.4. The molecular weight excluding hydrogens is 552 g/mol. The second-order valence-electron chi connectivity index (χ2n) is 11.0. The molecule has 0 aliphatic rings. The summed E-state index contributed by atoms with van der Waals surface area (Å²) in [5, 5.41) is 4.87. The summed E-state index contributed by atoms with van der Waals surface area (Å²) >= 11 is 0. The fourth-order valence-electron chi connectivity index (χ4n) is 6.45. The number of fused-ring (bicyclic) bond motifs is 6. The van der Waals surface area contributed by atoms with Gasteiger partial charge in [-0.1, -0.05) is 56.2 Å². The molecular formula is C36H38N4O4. The third kappa shape index (κ3) is 5.86. The van der Waals surface area contributed by atoms with Crippen LogP contribution in [0, 0.1) is 13.8 Å². The minimum atomic E-state index is -0.366. The van der Waals surface area contributed by atoms with Gasteiger partial charge in [0.1, 0.15) is 5.69 Å². The normalized spacial score (nSPS) is 11.2. The van der Waals surface area contributed by atoms with Crippen LogP contribution in [0.2, 0.25) is 0 Å². The van der Waals surface area contributed by atoms with Crippen molar-refractivity contribution in [1.29, 1.82) is 0 Å². The fraction of sp³-hybridized carbons (Fsp3) is 0.333. The molecule has 0 N–H and O–H groups in total. The number of ether oxygens (including phenoxy) is 1. The molecule has 2 aromatic carbocycles. The van der Waals surface area contributed by atoms with E-state index in [-0.39, 0.29) is 12.1 Å². The molecule has 0 saturated heterocycles. The first kappa shape index (κ1) is 30.6. The number of unbranched alkanes of at least 4 members (excludes halogenated alkanes) is 3. The molecule has 4 heterocycles. The van der Waals surface area contributed by atoms with Crippen molar-refractivity contribution in [2.45, 2.75) is 72.9 Å². The summed E-state index contributed by atoms with van der Waals surface area (Å²) in [7, 11) is 0. The van der Waals surface area contributed by atoms with Gasteiger partial charge in [0.15, 0.2) is 0 Å². The largest absolute Gasteiger partial charge is 0.461 e. The molecule has 0 bridgehead atoms. The van der Waals surface area contributed by atoms with Crippen LogP contribution in [0.15, 0.2) is 60.7 Å². The molecule has 0 amide bonds. The van der Waals surface area contributed by atoms with Crippen LogP contribution in [0.1, 0.15) is 67.1 Å². The number of benzene rings is 2. The van der Waals surface area contributed by atoms with Crippen molar-refractivity contribution >= 4 is 55.7 Å². The lowest BCUT2D eigenvalue weighted by Crippen LogP contribution is -2.08. The zero-order chi connectivity index (χ0) is 31.2. The maximum atomic E-state index is 12.4. The number of carbonyl (C=O) groups excluding carboxylic acids is 3. The molecule has 8 nitrogen and oxygen atoms in total. The maximum absolute atomic E-state index is 12.4. The Bertz CT molecular complexity index is 2000. The van der Waals surface area contributed by atoms with E-state index >= 15 is 0 Å². The maximum Gasteiger partial charge on any atom is 0.373 e. The van der Waals surface area contributed by atoms with E-state index in [1.54, 1.807) is 0 Å². The highest BCUT2D eigenvalue weighted by Gasteiger charge is 2.18. The van der Waals surface area contributed by atoms with E-state index in [9.17, 15) is 4.79 Å². The van der Waals surface area contributed by atoms with E-state index in [0.29, 0.717) is 12.3 Å². The molecule has 0 atom stereocenters. The lowest BCUT2D eigenvalue weighted by molar-refractivity contribution is -0.191. The third-order valence-corrected chi connectivity index (χ3v) is 8.26. The van der Waals surface area contributed by atoms with Crippen LogP contribution >= 0.6 is 0 Å². The zero-order valence-electron chi connectivity index (χ0n) is 25.9. The molecule has 6 rings (SSSR count). The van der Waals surface area contributed by atoms with Gasteiger partial charge in [-0.25, -0.2) is 9.78 Å². The Morgan fingerprint density at radius 3 is 1.75 bits per heavy atom. The Kier molecular flexibility index (Phi) is 9.51. The van der Waals surface area contributed by atoms with Crippen molar-refractivity contribution in [2.75, 3.05) is 6.61 Å². The smallest absolute Gasteiger partial charge is 0.373 e. The molecule has 226 valence electrons. The van der Waals surface area contributed by atoms with Gasteiger partial charge in [0.05, 0.1) is 29.0 Å². The number of pyridine rings is 2. The van der Waals surface area contributed by atoms with Gasteiger partial charge in [-0.3, -0.25) is 4.98 Å². The van der Waals surface area contributed by atoms with Crippen LogP contribution < -0.4 is 0 Å². The number of aryl methyl sites for hydroxylation is 5. The van der Waals surface area contributed by atoms with Gasteiger partial charge in [0.2, 0.25) is 0 Å². The number of nitrogens with zero attached hydrogens (tertiary/aromatic N) is 4. The first-order valence-electron chi connectivity index (χ1n) is 15.4. The van der Waals surface area contributed by atoms with Crippen molar-refractivity contribution in [2.24, 2.45) is 0 Å². The highest BCUT2D eigenvalue weighted by atomic mass is 16.5. The average molecular weight is 591 g/mol. The first-order valence-corrected chi connectivity index (χ1v) is 15.4. The van der Waals surface area contributed by atoms with Gasteiger partial charge >= 0.3 is 12.1 Å². The quantitative estimate of drug-likeness (QED) is 0.120. The number of rotatable bonds is 10. The lowest BCUT2D eigenvalue weighted by atomic mass is 10.1. The van der Waals surface area contributed by atoms with Crippen LogP contribution in [-0.4, -0.2) is 37.8 Å². The van der Waals surface area contributed by atoms with Crippen LogP contribution in [0.5, 0.6) is 0 Å². The molecule has 44 heavy (non-hydrogen) atoms. The third-order valence-electron chi connectivity index (χ3n) is 8.26. The molecule has 0 aliphatic carbocycles. The second kappa shape index (κ2) is 13.7. The molecule has 8 heteroatoms. The van der Waals surface area contributed by atoms with Crippen molar-refractivity contribution in [3.8, 4) is 0 Å². The highest BCUT2D eigenvalue weighted by Crippen LogP contribution is 2.33. The standard InChI is InChI=1S/C35H38N4O2.CO2/c1-5-25-21-28-26-15-9-11-17-31(26)38(33(28)23(3)36-25)19-13-7-8-14-20-39-32-18-12-10-16-27(32)29-22-30(35(40)41-6-2)37-24(4)34(29)39;2-1-3/h9-12,15-18,21-22H,5-8,13-14,19-20H2,1-4H3;.